The SMILES string of the molecule is CC(C)CCc1c(N)cc(C#N)n1Cc1ccccc1F. The van der Waals surface area contributed by atoms with Crippen LogP contribution in [0.4, 0.5) is 10.1 Å². The Kier molecular flexibility index (Phi) is 4.64. The van der Waals surface area contributed by atoms with E-state index in [0.29, 0.717) is 29.4 Å². The van der Waals surface area contributed by atoms with Crippen molar-refractivity contribution in [1.82, 2.24) is 4.57 Å². The third kappa shape index (κ3) is 3.43. The van der Waals surface area contributed by atoms with Crippen molar-refractivity contribution in [2.75, 3.05) is 5.73 Å². The number of nitrogens with two attached hydrogens (primary N) is 1. The van der Waals surface area contributed by atoms with Crippen LogP contribution in [-0.2, 0) is 13.0 Å². The summed E-state index contributed by atoms with van der Waals surface area (Å²) in [6.07, 6.45) is 1.77. The Hall–Kier alpha value is -2.28. The zero-order valence-corrected chi connectivity index (χ0v) is 12.4. The van der Waals surface area contributed by atoms with E-state index in [2.05, 4.69) is 19.9 Å². The first-order valence-electron chi connectivity index (χ1n) is 7.14. The van der Waals surface area contributed by atoms with Gasteiger partial charge in [-0.05, 0) is 30.9 Å². The number of rotatable bonds is 5. The van der Waals surface area contributed by atoms with E-state index < -0.39 is 0 Å². The molecule has 2 aromatic rings. The molecule has 0 bridgehead atoms. The van der Waals surface area contributed by atoms with Crippen LogP contribution in [0.15, 0.2) is 30.3 Å². The first-order chi connectivity index (χ1) is 10.0. The fourth-order valence-corrected chi connectivity index (χ4v) is 2.38. The molecule has 0 amide bonds. The molecule has 0 aliphatic rings. The lowest BCUT2D eigenvalue weighted by Gasteiger charge is -2.13. The zero-order chi connectivity index (χ0) is 15.4. The summed E-state index contributed by atoms with van der Waals surface area (Å²) in [6.45, 7) is 4.62. The van der Waals surface area contributed by atoms with Crippen LogP contribution >= 0.6 is 0 Å². The summed E-state index contributed by atoms with van der Waals surface area (Å²) in [6, 6.07) is 10.4. The third-order valence-electron chi connectivity index (χ3n) is 3.60. The fraction of sp³-hybridized carbons (Fsp3) is 0.353. The van der Waals surface area contributed by atoms with E-state index in [9.17, 15) is 9.65 Å². The molecule has 2 rings (SSSR count). The number of halogens is 1. The standard InChI is InChI=1S/C17H20FN3/c1-12(2)7-8-17-16(20)9-14(10-19)21(17)11-13-5-3-4-6-15(13)18/h3-6,9,12H,7-8,11,20H2,1-2H3. The maximum atomic E-state index is 13.8. The molecular weight excluding hydrogens is 265 g/mol. The normalized spacial score (nSPS) is 10.8. The minimum absolute atomic E-state index is 0.261. The van der Waals surface area contributed by atoms with E-state index in [1.807, 2.05) is 4.57 Å². The van der Waals surface area contributed by atoms with Crippen molar-refractivity contribution in [3.63, 3.8) is 0 Å². The number of nitrogen functional groups attached to an aromatic ring is 1. The highest BCUT2D eigenvalue weighted by molar-refractivity contribution is 5.51. The highest BCUT2D eigenvalue weighted by Gasteiger charge is 2.15. The summed E-state index contributed by atoms with van der Waals surface area (Å²) in [5.41, 5.74) is 8.61. The Morgan fingerprint density at radius 1 is 1.33 bits per heavy atom. The van der Waals surface area contributed by atoms with Gasteiger partial charge in [-0.15, -0.1) is 0 Å². The minimum atomic E-state index is -0.261. The van der Waals surface area contributed by atoms with Gasteiger partial charge in [-0.3, -0.25) is 0 Å². The van der Waals surface area contributed by atoms with Crippen molar-refractivity contribution in [3.05, 3.63) is 53.1 Å². The predicted molar refractivity (Wildman–Crippen MR) is 82.2 cm³/mol. The van der Waals surface area contributed by atoms with Crippen molar-refractivity contribution in [2.45, 2.75) is 33.2 Å². The Morgan fingerprint density at radius 2 is 2.05 bits per heavy atom. The van der Waals surface area contributed by atoms with E-state index in [4.69, 9.17) is 5.73 Å². The highest BCUT2D eigenvalue weighted by Crippen LogP contribution is 2.23. The average molecular weight is 285 g/mol. The molecule has 0 radical (unpaired) electrons. The van der Waals surface area contributed by atoms with Gasteiger partial charge in [0.1, 0.15) is 17.6 Å². The van der Waals surface area contributed by atoms with Gasteiger partial charge in [0.2, 0.25) is 0 Å². The van der Waals surface area contributed by atoms with Gasteiger partial charge in [0.25, 0.3) is 0 Å². The average Bonchev–Trinajstić information content (AvgIpc) is 2.74. The van der Waals surface area contributed by atoms with Crippen molar-refractivity contribution in [1.29, 1.82) is 5.26 Å². The maximum Gasteiger partial charge on any atom is 0.128 e. The van der Waals surface area contributed by atoms with Gasteiger partial charge < -0.3 is 10.3 Å². The molecule has 0 atom stereocenters. The number of benzene rings is 1. The van der Waals surface area contributed by atoms with Crippen LogP contribution in [0.5, 0.6) is 0 Å². The Labute approximate surface area is 124 Å². The largest absolute Gasteiger partial charge is 0.397 e. The van der Waals surface area contributed by atoms with Crippen molar-refractivity contribution >= 4 is 5.69 Å². The Morgan fingerprint density at radius 3 is 2.67 bits per heavy atom. The van der Waals surface area contributed by atoms with Crippen LogP contribution in [0, 0.1) is 23.1 Å². The number of anilines is 1. The lowest BCUT2D eigenvalue weighted by Crippen LogP contribution is -2.10. The third-order valence-corrected chi connectivity index (χ3v) is 3.60. The summed E-state index contributed by atoms with van der Waals surface area (Å²) in [7, 11) is 0. The Bertz CT molecular complexity index is 665. The first-order valence-corrected chi connectivity index (χ1v) is 7.14. The molecule has 1 aromatic carbocycles. The van der Waals surface area contributed by atoms with Gasteiger partial charge in [0.05, 0.1) is 12.2 Å². The molecule has 0 spiro atoms. The quantitative estimate of drug-likeness (QED) is 0.910. The molecule has 4 heteroatoms. The highest BCUT2D eigenvalue weighted by atomic mass is 19.1. The summed E-state index contributed by atoms with van der Waals surface area (Å²) in [4.78, 5) is 0. The van der Waals surface area contributed by atoms with Crippen LogP contribution in [0.3, 0.4) is 0 Å². The van der Waals surface area contributed by atoms with Gasteiger partial charge in [0.15, 0.2) is 0 Å². The molecule has 0 fully saturated rings. The van der Waals surface area contributed by atoms with Crippen molar-refractivity contribution in [2.24, 2.45) is 5.92 Å². The predicted octanol–water partition coefficient (Wildman–Crippen LogP) is 3.72. The lowest BCUT2D eigenvalue weighted by atomic mass is 10.1. The summed E-state index contributed by atoms with van der Waals surface area (Å²) < 4.78 is 15.7. The molecule has 1 heterocycles. The summed E-state index contributed by atoms with van der Waals surface area (Å²) in [5, 5.41) is 9.26. The Balaban J connectivity index is 2.37. The molecule has 0 saturated carbocycles. The van der Waals surface area contributed by atoms with Gasteiger partial charge in [-0.25, -0.2) is 4.39 Å². The maximum absolute atomic E-state index is 13.8. The van der Waals surface area contributed by atoms with Crippen molar-refractivity contribution < 1.29 is 4.39 Å². The van der Waals surface area contributed by atoms with Gasteiger partial charge >= 0.3 is 0 Å². The molecule has 0 saturated heterocycles. The second-order valence-electron chi connectivity index (χ2n) is 5.65. The van der Waals surface area contributed by atoms with E-state index in [-0.39, 0.29) is 5.82 Å². The van der Waals surface area contributed by atoms with Gasteiger partial charge in [-0.1, -0.05) is 32.0 Å². The minimum Gasteiger partial charge on any atom is -0.397 e. The number of hydrogen-bond acceptors (Lipinski definition) is 2. The molecular formula is C17H20FN3. The number of hydrogen-bond donors (Lipinski definition) is 1. The fourth-order valence-electron chi connectivity index (χ4n) is 2.38. The topological polar surface area (TPSA) is 54.7 Å². The van der Waals surface area contributed by atoms with E-state index in [1.54, 1.807) is 24.3 Å². The van der Waals surface area contributed by atoms with E-state index in [1.165, 1.54) is 6.07 Å². The van der Waals surface area contributed by atoms with Crippen molar-refractivity contribution in [3.8, 4) is 6.07 Å². The lowest BCUT2D eigenvalue weighted by molar-refractivity contribution is 0.561. The first kappa shape index (κ1) is 15.1. The number of nitriles is 1. The smallest absolute Gasteiger partial charge is 0.128 e. The zero-order valence-electron chi connectivity index (χ0n) is 12.4. The molecule has 0 aliphatic carbocycles. The second kappa shape index (κ2) is 6.45. The molecule has 3 nitrogen and oxygen atoms in total. The molecule has 110 valence electrons. The van der Waals surface area contributed by atoms with E-state index >= 15 is 0 Å². The molecule has 2 N–H and O–H groups in total. The molecule has 1 aromatic heterocycles. The second-order valence-corrected chi connectivity index (χ2v) is 5.65. The summed E-state index contributed by atoms with van der Waals surface area (Å²) >= 11 is 0. The molecule has 0 unspecified atom stereocenters. The van der Waals surface area contributed by atoms with Crippen LogP contribution in [0.2, 0.25) is 0 Å². The van der Waals surface area contributed by atoms with Crippen LogP contribution < -0.4 is 5.73 Å². The van der Waals surface area contributed by atoms with Crippen LogP contribution in [-0.4, -0.2) is 4.57 Å². The van der Waals surface area contributed by atoms with Crippen LogP contribution in [0.1, 0.15) is 37.2 Å². The van der Waals surface area contributed by atoms with Crippen LogP contribution in [0.25, 0.3) is 0 Å². The van der Waals surface area contributed by atoms with E-state index in [0.717, 1.165) is 18.5 Å². The molecule has 21 heavy (non-hydrogen) atoms. The monoisotopic (exact) mass is 285 g/mol. The van der Waals surface area contributed by atoms with Gasteiger partial charge in [0, 0.05) is 11.3 Å². The molecule has 0 aliphatic heterocycles. The number of aromatic nitrogens is 1. The summed E-state index contributed by atoms with van der Waals surface area (Å²) in [5.74, 6) is 0.287. The number of nitrogens with zero attached hydrogens (tertiary/aromatic N) is 2. The van der Waals surface area contributed by atoms with Gasteiger partial charge in [-0.2, -0.15) is 5.26 Å².